The lowest BCUT2D eigenvalue weighted by Gasteiger charge is -2.28. The largest absolute Gasteiger partial charge is 0.497 e. The Bertz CT molecular complexity index is 801. The first-order valence-electron chi connectivity index (χ1n) is 9.98. The molecule has 0 aliphatic carbocycles. The quantitative estimate of drug-likeness (QED) is 0.731. The van der Waals surface area contributed by atoms with Crippen LogP contribution in [0.5, 0.6) is 5.75 Å². The molecule has 4 nitrogen and oxygen atoms in total. The second kappa shape index (κ2) is 9.56. The van der Waals surface area contributed by atoms with E-state index in [1.54, 1.807) is 13.2 Å². The molecular weight excluding hydrogens is 348 g/mol. The van der Waals surface area contributed by atoms with Crippen molar-refractivity contribution < 1.29 is 9.53 Å². The van der Waals surface area contributed by atoms with E-state index in [1.165, 1.54) is 18.4 Å². The van der Waals surface area contributed by atoms with Crippen molar-refractivity contribution in [2.75, 3.05) is 26.7 Å². The van der Waals surface area contributed by atoms with Crippen molar-refractivity contribution in [1.82, 2.24) is 10.2 Å². The van der Waals surface area contributed by atoms with Gasteiger partial charge in [-0.3, -0.25) is 9.69 Å². The summed E-state index contributed by atoms with van der Waals surface area (Å²) < 4.78 is 5.30. The molecule has 28 heavy (non-hydrogen) atoms. The lowest BCUT2D eigenvalue weighted by atomic mass is 10.0. The molecule has 1 unspecified atom stereocenters. The number of amides is 1. The van der Waals surface area contributed by atoms with Crippen LogP contribution < -0.4 is 10.1 Å². The van der Waals surface area contributed by atoms with Crippen LogP contribution in [0, 0.1) is 13.8 Å². The lowest BCUT2D eigenvalue weighted by Crippen LogP contribution is -2.36. The second-order valence-corrected chi connectivity index (χ2v) is 7.42. The fourth-order valence-corrected chi connectivity index (χ4v) is 3.92. The molecule has 1 atom stereocenters. The number of aryl methyl sites for hydroxylation is 2. The normalized spacial score (nSPS) is 15.7. The molecule has 1 N–H and O–H groups in total. The minimum Gasteiger partial charge on any atom is -0.497 e. The molecule has 2 aromatic carbocycles. The van der Waals surface area contributed by atoms with E-state index in [2.05, 4.69) is 34.5 Å². The highest BCUT2D eigenvalue weighted by Gasteiger charge is 2.23. The maximum atomic E-state index is 12.5. The van der Waals surface area contributed by atoms with Gasteiger partial charge in [-0.05, 0) is 80.2 Å². The minimum atomic E-state index is -0.0604. The van der Waals surface area contributed by atoms with Crippen LogP contribution in [-0.2, 0) is 4.79 Å². The van der Waals surface area contributed by atoms with Crippen molar-refractivity contribution in [3.63, 3.8) is 0 Å². The fraction of sp³-hybridized carbons (Fsp3) is 0.375. The number of carbonyl (C=O) groups is 1. The van der Waals surface area contributed by atoms with E-state index in [9.17, 15) is 4.79 Å². The van der Waals surface area contributed by atoms with Gasteiger partial charge in [0, 0.05) is 12.6 Å². The minimum absolute atomic E-state index is 0.0604. The molecule has 1 heterocycles. The number of rotatable bonds is 7. The van der Waals surface area contributed by atoms with Gasteiger partial charge in [0.2, 0.25) is 5.91 Å². The van der Waals surface area contributed by atoms with Crippen LogP contribution in [0.1, 0.15) is 41.1 Å². The predicted molar refractivity (Wildman–Crippen MR) is 115 cm³/mol. The molecule has 0 aromatic heterocycles. The zero-order chi connectivity index (χ0) is 19.9. The van der Waals surface area contributed by atoms with Gasteiger partial charge in [-0.2, -0.15) is 0 Å². The van der Waals surface area contributed by atoms with E-state index in [0.717, 1.165) is 35.5 Å². The number of benzene rings is 2. The van der Waals surface area contributed by atoms with Crippen molar-refractivity contribution in [1.29, 1.82) is 0 Å². The van der Waals surface area contributed by atoms with Gasteiger partial charge in [-0.1, -0.05) is 30.3 Å². The molecular formula is C24H30N2O2. The molecule has 1 fully saturated rings. The van der Waals surface area contributed by atoms with Crippen molar-refractivity contribution >= 4 is 12.0 Å². The fourth-order valence-electron chi connectivity index (χ4n) is 3.92. The van der Waals surface area contributed by atoms with Crippen LogP contribution in [0.4, 0.5) is 0 Å². The summed E-state index contributed by atoms with van der Waals surface area (Å²) in [7, 11) is 1.67. The van der Waals surface area contributed by atoms with Gasteiger partial charge in [-0.25, -0.2) is 0 Å². The van der Waals surface area contributed by atoms with Crippen LogP contribution in [0.3, 0.4) is 0 Å². The highest BCUT2D eigenvalue weighted by molar-refractivity contribution is 5.92. The Labute approximate surface area is 168 Å². The van der Waals surface area contributed by atoms with Crippen LogP contribution in [-0.4, -0.2) is 37.6 Å². The Morgan fingerprint density at radius 1 is 1.14 bits per heavy atom. The van der Waals surface area contributed by atoms with Crippen molar-refractivity contribution in [2.45, 2.75) is 32.7 Å². The average Bonchev–Trinajstić information content (AvgIpc) is 3.22. The number of ether oxygens (including phenoxy) is 1. The summed E-state index contributed by atoms with van der Waals surface area (Å²) in [6, 6.07) is 14.7. The first-order valence-corrected chi connectivity index (χ1v) is 9.98. The molecule has 0 saturated carbocycles. The number of methoxy groups -OCH3 is 1. The summed E-state index contributed by atoms with van der Waals surface area (Å²) in [5.41, 5.74) is 4.52. The molecule has 1 saturated heterocycles. The summed E-state index contributed by atoms with van der Waals surface area (Å²) in [6.07, 6.45) is 5.99. The standard InChI is InChI=1S/C24H30N2O2/c1-18-15-21(28-3)16-19(2)22(18)11-12-24(27)25-17-23(26-13-7-8-14-26)20-9-5-4-6-10-20/h4-6,9-12,15-16,23H,7-8,13-14,17H2,1-3H3,(H,25,27)/b12-11+. The summed E-state index contributed by atoms with van der Waals surface area (Å²) in [6.45, 7) is 6.87. The van der Waals surface area contributed by atoms with Crippen LogP contribution in [0.25, 0.3) is 6.08 Å². The third kappa shape index (κ3) is 5.02. The molecule has 2 aromatic rings. The van der Waals surface area contributed by atoms with Crippen LogP contribution in [0.15, 0.2) is 48.5 Å². The van der Waals surface area contributed by atoms with Gasteiger partial charge < -0.3 is 10.1 Å². The number of nitrogens with zero attached hydrogens (tertiary/aromatic N) is 1. The number of carbonyl (C=O) groups excluding carboxylic acids is 1. The molecule has 0 bridgehead atoms. The summed E-state index contributed by atoms with van der Waals surface area (Å²) in [5, 5.41) is 3.10. The monoisotopic (exact) mass is 378 g/mol. The van der Waals surface area contributed by atoms with E-state index >= 15 is 0 Å². The summed E-state index contributed by atoms with van der Waals surface area (Å²) in [4.78, 5) is 14.9. The zero-order valence-electron chi connectivity index (χ0n) is 17.1. The molecule has 0 spiro atoms. The molecule has 0 radical (unpaired) electrons. The third-order valence-corrected chi connectivity index (χ3v) is 5.44. The number of likely N-dealkylation sites (tertiary alicyclic amines) is 1. The second-order valence-electron chi connectivity index (χ2n) is 7.42. The molecule has 3 rings (SSSR count). The third-order valence-electron chi connectivity index (χ3n) is 5.44. The molecule has 4 heteroatoms. The van der Waals surface area contributed by atoms with E-state index in [4.69, 9.17) is 4.74 Å². The number of hydrogen-bond donors (Lipinski definition) is 1. The smallest absolute Gasteiger partial charge is 0.244 e. The predicted octanol–water partition coefficient (Wildman–Crippen LogP) is 4.28. The molecule has 1 amide bonds. The van der Waals surface area contributed by atoms with E-state index < -0.39 is 0 Å². The summed E-state index contributed by atoms with van der Waals surface area (Å²) >= 11 is 0. The van der Waals surface area contributed by atoms with Gasteiger partial charge in [0.25, 0.3) is 0 Å². The Morgan fingerprint density at radius 2 is 1.79 bits per heavy atom. The first-order chi connectivity index (χ1) is 13.6. The van der Waals surface area contributed by atoms with Gasteiger partial charge >= 0.3 is 0 Å². The van der Waals surface area contributed by atoms with E-state index in [0.29, 0.717) is 6.54 Å². The number of nitrogens with one attached hydrogen (secondary N) is 1. The van der Waals surface area contributed by atoms with Crippen LogP contribution >= 0.6 is 0 Å². The van der Waals surface area contributed by atoms with E-state index in [1.807, 2.05) is 38.1 Å². The highest BCUT2D eigenvalue weighted by atomic mass is 16.5. The Balaban J connectivity index is 1.66. The molecule has 148 valence electrons. The number of hydrogen-bond acceptors (Lipinski definition) is 3. The maximum absolute atomic E-state index is 12.5. The maximum Gasteiger partial charge on any atom is 0.244 e. The van der Waals surface area contributed by atoms with Crippen molar-refractivity contribution in [3.8, 4) is 5.75 Å². The Hall–Kier alpha value is -2.59. The zero-order valence-corrected chi connectivity index (χ0v) is 17.1. The van der Waals surface area contributed by atoms with Gasteiger partial charge in [0.15, 0.2) is 0 Å². The SMILES string of the molecule is COc1cc(C)c(/C=C/C(=O)NCC(c2ccccc2)N2CCCC2)c(C)c1. The molecule has 1 aliphatic rings. The van der Waals surface area contributed by atoms with Crippen molar-refractivity contribution in [3.05, 3.63) is 70.8 Å². The van der Waals surface area contributed by atoms with Crippen molar-refractivity contribution in [2.24, 2.45) is 0 Å². The Kier molecular flexibility index (Phi) is 6.88. The van der Waals surface area contributed by atoms with Gasteiger partial charge in [0.05, 0.1) is 13.2 Å². The molecule has 1 aliphatic heterocycles. The topological polar surface area (TPSA) is 41.6 Å². The Morgan fingerprint density at radius 3 is 2.39 bits per heavy atom. The van der Waals surface area contributed by atoms with E-state index in [-0.39, 0.29) is 11.9 Å². The first kappa shape index (κ1) is 20.2. The highest BCUT2D eigenvalue weighted by Crippen LogP contribution is 2.25. The van der Waals surface area contributed by atoms with Gasteiger partial charge in [0.1, 0.15) is 5.75 Å². The van der Waals surface area contributed by atoms with Gasteiger partial charge in [-0.15, -0.1) is 0 Å². The lowest BCUT2D eigenvalue weighted by molar-refractivity contribution is -0.116. The average molecular weight is 379 g/mol. The van der Waals surface area contributed by atoms with Crippen LogP contribution in [0.2, 0.25) is 0 Å². The summed E-state index contributed by atoms with van der Waals surface area (Å²) in [5.74, 6) is 0.780.